The summed E-state index contributed by atoms with van der Waals surface area (Å²) in [5, 5.41) is 12.6. The summed E-state index contributed by atoms with van der Waals surface area (Å²) in [6, 6.07) is 14.1. The molecule has 0 saturated heterocycles. The number of hydrogen-bond acceptors (Lipinski definition) is 4. The van der Waals surface area contributed by atoms with Gasteiger partial charge in [0.2, 0.25) is 0 Å². The lowest BCUT2D eigenvalue weighted by Crippen LogP contribution is -2.32. The van der Waals surface area contributed by atoms with Crippen LogP contribution in [0.3, 0.4) is 0 Å². The van der Waals surface area contributed by atoms with Crippen molar-refractivity contribution < 1.29 is 4.79 Å². The van der Waals surface area contributed by atoms with Crippen LogP contribution in [0.5, 0.6) is 0 Å². The van der Waals surface area contributed by atoms with Crippen LogP contribution in [0.1, 0.15) is 38.1 Å². The van der Waals surface area contributed by atoms with E-state index in [-0.39, 0.29) is 11.5 Å². The molecule has 0 spiro atoms. The van der Waals surface area contributed by atoms with E-state index in [9.17, 15) is 4.79 Å². The van der Waals surface area contributed by atoms with Crippen LogP contribution in [-0.2, 0) is 0 Å². The quantitative estimate of drug-likeness (QED) is 0.525. The van der Waals surface area contributed by atoms with Crippen LogP contribution in [0.4, 0.5) is 5.69 Å². The minimum atomic E-state index is -0.512. The first-order chi connectivity index (χ1) is 14.2. The molecule has 3 heterocycles. The molecule has 0 unspecified atom stereocenters. The average Bonchev–Trinajstić information content (AvgIpc) is 3.35. The highest BCUT2D eigenvalue weighted by molar-refractivity contribution is 6.02. The first-order valence-electron chi connectivity index (χ1n) is 9.93. The maximum atomic E-state index is 12.0. The topological polar surface area (TPSA) is 90.2 Å². The Morgan fingerprint density at radius 1 is 1.17 bits per heavy atom. The van der Waals surface area contributed by atoms with Crippen molar-refractivity contribution in [1.82, 2.24) is 19.4 Å². The number of hydrogen-bond donors (Lipinski definition) is 2. The molecule has 3 N–H and O–H groups in total. The summed E-state index contributed by atoms with van der Waals surface area (Å²) in [5.41, 5.74) is 10.2. The lowest BCUT2D eigenvalue weighted by molar-refractivity contribution is 0.100. The second kappa shape index (κ2) is 7.33. The van der Waals surface area contributed by atoms with Crippen molar-refractivity contribution in [3.8, 4) is 16.9 Å². The highest BCUT2D eigenvalue weighted by Crippen LogP contribution is 2.29. The zero-order chi connectivity index (χ0) is 21.5. The molecule has 154 valence electrons. The molecule has 0 fully saturated rings. The monoisotopic (exact) mass is 402 g/mol. The van der Waals surface area contributed by atoms with Crippen LogP contribution in [0.15, 0.2) is 61.1 Å². The number of nitrogens with one attached hydrogen (secondary N) is 1. The summed E-state index contributed by atoms with van der Waals surface area (Å²) in [6.07, 6.45) is 5.31. The molecule has 7 heteroatoms. The Balaban J connectivity index is 1.78. The standard InChI is InChI=1S/C23H26N6O/c1-15(23(2,3)4)26-21-18(22(24)30)13-25-29-14-17(12-20(21)29)28-11-10-19(27-28)16-8-6-5-7-9-16/h5-15,26H,1-4H3,(H2,24,30)/t15-/m1/s1. The van der Waals surface area contributed by atoms with Crippen molar-refractivity contribution in [3.63, 3.8) is 0 Å². The minimum absolute atomic E-state index is 0.00281. The lowest BCUT2D eigenvalue weighted by Gasteiger charge is -2.29. The molecule has 7 nitrogen and oxygen atoms in total. The van der Waals surface area contributed by atoms with Gasteiger partial charge in [-0.05, 0) is 24.5 Å². The van der Waals surface area contributed by atoms with Gasteiger partial charge in [0.1, 0.15) is 0 Å². The van der Waals surface area contributed by atoms with Crippen molar-refractivity contribution in [1.29, 1.82) is 0 Å². The van der Waals surface area contributed by atoms with E-state index in [1.54, 1.807) is 9.20 Å². The van der Waals surface area contributed by atoms with E-state index in [2.05, 4.69) is 38.1 Å². The van der Waals surface area contributed by atoms with Gasteiger partial charge in [-0.25, -0.2) is 9.20 Å². The SMILES string of the molecule is C[C@@H](Nc1c(C(N)=O)cnn2cc(-n3ccc(-c4ccccc4)n3)cc12)C(C)(C)C. The van der Waals surface area contributed by atoms with Gasteiger partial charge in [-0.2, -0.15) is 10.2 Å². The van der Waals surface area contributed by atoms with Gasteiger partial charge in [0.15, 0.2) is 0 Å². The summed E-state index contributed by atoms with van der Waals surface area (Å²) < 4.78 is 3.54. The van der Waals surface area contributed by atoms with E-state index in [1.807, 2.05) is 54.9 Å². The Morgan fingerprint density at radius 2 is 1.90 bits per heavy atom. The third-order valence-corrected chi connectivity index (χ3v) is 5.47. The Hall–Kier alpha value is -3.61. The highest BCUT2D eigenvalue weighted by Gasteiger charge is 2.23. The van der Waals surface area contributed by atoms with Gasteiger partial charge in [0.05, 0.1) is 40.5 Å². The summed E-state index contributed by atoms with van der Waals surface area (Å²) in [4.78, 5) is 12.0. The Morgan fingerprint density at radius 3 is 2.57 bits per heavy atom. The molecule has 4 rings (SSSR count). The maximum absolute atomic E-state index is 12.0. The number of carbonyl (C=O) groups is 1. The van der Waals surface area contributed by atoms with Gasteiger partial charge in [0.25, 0.3) is 5.91 Å². The fraction of sp³-hybridized carbons (Fsp3) is 0.261. The maximum Gasteiger partial charge on any atom is 0.252 e. The number of rotatable bonds is 5. The zero-order valence-corrected chi connectivity index (χ0v) is 17.6. The van der Waals surface area contributed by atoms with Crippen molar-refractivity contribution in [2.45, 2.75) is 33.7 Å². The average molecular weight is 403 g/mol. The van der Waals surface area contributed by atoms with Gasteiger partial charge in [0, 0.05) is 17.8 Å². The van der Waals surface area contributed by atoms with Gasteiger partial charge < -0.3 is 11.1 Å². The van der Waals surface area contributed by atoms with Crippen LogP contribution in [0, 0.1) is 5.41 Å². The van der Waals surface area contributed by atoms with Gasteiger partial charge in [-0.3, -0.25) is 4.79 Å². The Labute approximate surface area is 175 Å². The Bertz CT molecular complexity index is 1200. The molecule has 3 aromatic heterocycles. The molecule has 0 aliphatic rings. The molecule has 0 radical (unpaired) electrons. The van der Waals surface area contributed by atoms with Crippen molar-refractivity contribution in [2.75, 3.05) is 5.32 Å². The molecule has 4 aromatic rings. The predicted molar refractivity (Wildman–Crippen MR) is 119 cm³/mol. The molecule has 1 atom stereocenters. The van der Waals surface area contributed by atoms with Gasteiger partial charge in [-0.15, -0.1) is 0 Å². The van der Waals surface area contributed by atoms with E-state index >= 15 is 0 Å². The molecule has 0 aliphatic heterocycles. The number of aromatic nitrogens is 4. The molecule has 0 saturated carbocycles. The van der Waals surface area contributed by atoms with Crippen LogP contribution < -0.4 is 11.1 Å². The predicted octanol–water partition coefficient (Wildman–Crippen LogP) is 4.13. The Kier molecular flexibility index (Phi) is 4.81. The number of primary amides is 1. The first-order valence-corrected chi connectivity index (χ1v) is 9.93. The van der Waals surface area contributed by atoms with E-state index < -0.39 is 5.91 Å². The van der Waals surface area contributed by atoms with Crippen molar-refractivity contribution >= 4 is 17.1 Å². The summed E-state index contributed by atoms with van der Waals surface area (Å²) in [6.45, 7) is 8.52. The molecular weight excluding hydrogens is 376 g/mol. The highest BCUT2D eigenvalue weighted by atomic mass is 16.1. The van der Waals surface area contributed by atoms with Crippen LogP contribution in [-0.4, -0.2) is 31.3 Å². The molecule has 0 bridgehead atoms. The summed E-state index contributed by atoms with van der Waals surface area (Å²) in [7, 11) is 0. The van der Waals surface area contributed by atoms with Gasteiger partial charge >= 0.3 is 0 Å². The molecule has 1 aromatic carbocycles. The lowest BCUT2D eigenvalue weighted by atomic mass is 9.88. The number of carbonyl (C=O) groups excluding carboxylic acids is 1. The number of nitrogens with two attached hydrogens (primary N) is 1. The van der Waals surface area contributed by atoms with Crippen LogP contribution >= 0.6 is 0 Å². The third kappa shape index (κ3) is 3.66. The second-order valence-electron chi connectivity index (χ2n) is 8.57. The summed E-state index contributed by atoms with van der Waals surface area (Å²) in [5.74, 6) is -0.512. The van der Waals surface area contributed by atoms with E-state index in [0.717, 1.165) is 22.5 Å². The zero-order valence-electron chi connectivity index (χ0n) is 17.6. The smallest absolute Gasteiger partial charge is 0.252 e. The fourth-order valence-electron chi connectivity index (χ4n) is 3.17. The minimum Gasteiger partial charge on any atom is -0.380 e. The number of nitrogens with zero attached hydrogens (tertiary/aromatic N) is 4. The van der Waals surface area contributed by atoms with Crippen molar-refractivity contribution in [3.05, 3.63) is 66.6 Å². The van der Waals surface area contributed by atoms with E-state index in [1.165, 1.54) is 6.20 Å². The fourth-order valence-corrected chi connectivity index (χ4v) is 3.17. The second-order valence-corrected chi connectivity index (χ2v) is 8.57. The molecule has 0 aliphatic carbocycles. The molecular formula is C23H26N6O. The van der Waals surface area contributed by atoms with Crippen LogP contribution in [0.2, 0.25) is 0 Å². The number of benzene rings is 1. The first kappa shape index (κ1) is 19.7. The molecule has 30 heavy (non-hydrogen) atoms. The number of amides is 1. The van der Waals surface area contributed by atoms with Crippen molar-refractivity contribution in [2.24, 2.45) is 11.1 Å². The normalized spacial score (nSPS) is 12.8. The largest absolute Gasteiger partial charge is 0.380 e. The summed E-state index contributed by atoms with van der Waals surface area (Å²) >= 11 is 0. The number of anilines is 1. The van der Waals surface area contributed by atoms with E-state index in [0.29, 0.717) is 11.3 Å². The number of fused-ring (bicyclic) bond motifs is 1. The third-order valence-electron chi connectivity index (χ3n) is 5.47. The van der Waals surface area contributed by atoms with E-state index in [4.69, 9.17) is 10.8 Å². The van der Waals surface area contributed by atoms with Gasteiger partial charge in [-0.1, -0.05) is 51.1 Å². The van der Waals surface area contributed by atoms with Crippen LogP contribution in [0.25, 0.3) is 22.5 Å². The molecule has 1 amide bonds.